The van der Waals surface area contributed by atoms with Crippen LogP contribution in [-0.4, -0.2) is 17.8 Å². The molecule has 0 rings (SSSR count). The van der Waals surface area contributed by atoms with Gasteiger partial charge in [-0.3, -0.25) is 0 Å². The average Bonchev–Trinajstić information content (AvgIpc) is 2.02. The molecule has 0 aromatic carbocycles. The van der Waals surface area contributed by atoms with Crippen molar-refractivity contribution in [1.82, 2.24) is 0 Å². The predicted octanol–water partition coefficient (Wildman–Crippen LogP) is 1.95. The number of hydrogen-bond acceptors (Lipinski definition) is 2. The van der Waals surface area contributed by atoms with Crippen LogP contribution in [0.1, 0.15) is 27.7 Å². The smallest absolute Gasteiger partial charge is 0.119 e. The number of aliphatic hydroxyl groups is 1. The molecular weight excluding hydrogens is 164 g/mol. The molecule has 0 radical (unpaired) electrons. The molecule has 2 nitrogen and oxygen atoms in total. The molecule has 2 heteroatoms. The molecule has 1 unspecified atom stereocenters. The van der Waals surface area contributed by atoms with Gasteiger partial charge in [-0.1, -0.05) is 32.6 Å². The summed E-state index contributed by atoms with van der Waals surface area (Å²) in [6.45, 7) is 8.37. The van der Waals surface area contributed by atoms with E-state index in [2.05, 4.69) is 11.8 Å². The van der Waals surface area contributed by atoms with Crippen molar-refractivity contribution >= 4 is 0 Å². The predicted molar refractivity (Wildman–Crippen MR) is 54.0 cm³/mol. The average molecular weight is 182 g/mol. The van der Waals surface area contributed by atoms with Gasteiger partial charge in [0.1, 0.15) is 6.10 Å². The summed E-state index contributed by atoms with van der Waals surface area (Å²) in [5, 5.41) is 9.49. The first-order chi connectivity index (χ1) is 5.98. The van der Waals surface area contributed by atoms with Crippen LogP contribution in [-0.2, 0) is 4.74 Å². The molecule has 0 aliphatic carbocycles. The minimum absolute atomic E-state index is 0.188. The van der Waals surface area contributed by atoms with E-state index in [9.17, 15) is 5.11 Å². The fourth-order valence-electron chi connectivity index (χ4n) is 0.522. The highest BCUT2D eigenvalue weighted by Gasteiger charge is 2.19. The van der Waals surface area contributed by atoms with Crippen LogP contribution in [0.5, 0.6) is 0 Å². The van der Waals surface area contributed by atoms with E-state index in [1.165, 1.54) is 6.26 Å². The Morgan fingerprint density at radius 1 is 1.46 bits per heavy atom. The van der Waals surface area contributed by atoms with Gasteiger partial charge in [-0.05, 0) is 12.3 Å². The number of allylic oxidation sites excluding steroid dienone is 1. The Morgan fingerprint density at radius 2 is 2.08 bits per heavy atom. The molecule has 0 aliphatic heterocycles. The van der Waals surface area contributed by atoms with Crippen molar-refractivity contribution in [3.63, 3.8) is 0 Å². The lowest BCUT2D eigenvalue weighted by molar-refractivity contribution is 0.114. The summed E-state index contributed by atoms with van der Waals surface area (Å²) in [5.41, 5.74) is -0.188. The van der Waals surface area contributed by atoms with Crippen LogP contribution in [0.15, 0.2) is 12.3 Å². The van der Waals surface area contributed by atoms with E-state index in [0.717, 1.165) is 0 Å². The summed E-state index contributed by atoms with van der Waals surface area (Å²) in [7, 11) is 0. The highest BCUT2D eigenvalue weighted by Crippen LogP contribution is 2.17. The zero-order valence-corrected chi connectivity index (χ0v) is 8.79. The van der Waals surface area contributed by atoms with E-state index in [0.29, 0.717) is 6.61 Å². The molecule has 74 valence electrons. The van der Waals surface area contributed by atoms with Crippen LogP contribution < -0.4 is 0 Å². The van der Waals surface area contributed by atoms with Crippen LogP contribution in [0, 0.1) is 17.3 Å². The van der Waals surface area contributed by atoms with E-state index in [-0.39, 0.29) is 5.41 Å². The minimum Gasteiger partial charge on any atom is -0.501 e. The van der Waals surface area contributed by atoms with Gasteiger partial charge in [-0.2, -0.15) is 0 Å². The van der Waals surface area contributed by atoms with Gasteiger partial charge in [0.2, 0.25) is 0 Å². The summed E-state index contributed by atoms with van der Waals surface area (Å²) in [5.74, 6) is 5.44. The van der Waals surface area contributed by atoms with Crippen LogP contribution in [0.4, 0.5) is 0 Å². The van der Waals surface area contributed by atoms with E-state index < -0.39 is 6.10 Å². The fraction of sp³-hybridized carbons (Fsp3) is 0.636. The molecule has 0 aromatic heterocycles. The van der Waals surface area contributed by atoms with Crippen molar-refractivity contribution in [3.05, 3.63) is 12.3 Å². The van der Waals surface area contributed by atoms with Gasteiger partial charge in [0.25, 0.3) is 0 Å². The van der Waals surface area contributed by atoms with Crippen molar-refractivity contribution in [1.29, 1.82) is 0 Å². The normalized spacial score (nSPS) is 13.6. The molecule has 0 amide bonds. The SMILES string of the molecule is CCO/C=C/C#CC(O)C(C)(C)C. The molecule has 1 N–H and O–H groups in total. The van der Waals surface area contributed by atoms with Crippen molar-refractivity contribution in [2.45, 2.75) is 33.8 Å². The van der Waals surface area contributed by atoms with Crippen molar-refractivity contribution in [2.24, 2.45) is 5.41 Å². The molecule has 0 spiro atoms. The first-order valence-corrected chi connectivity index (χ1v) is 4.44. The maximum absolute atomic E-state index is 9.49. The number of ether oxygens (including phenoxy) is 1. The first-order valence-electron chi connectivity index (χ1n) is 4.44. The van der Waals surface area contributed by atoms with E-state index in [1.807, 2.05) is 27.7 Å². The second-order valence-corrected chi connectivity index (χ2v) is 3.82. The van der Waals surface area contributed by atoms with Gasteiger partial charge >= 0.3 is 0 Å². The fourth-order valence-corrected chi connectivity index (χ4v) is 0.522. The van der Waals surface area contributed by atoms with Crippen molar-refractivity contribution < 1.29 is 9.84 Å². The number of rotatable bonds is 2. The molecule has 0 bridgehead atoms. The van der Waals surface area contributed by atoms with Crippen LogP contribution in [0.3, 0.4) is 0 Å². The lowest BCUT2D eigenvalue weighted by Crippen LogP contribution is -2.23. The third kappa shape index (κ3) is 6.24. The highest BCUT2D eigenvalue weighted by molar-refractivity contribution is 5.17. The van der Waals surface area contributed by atoms with E-state index in [1.54, 1.807) is 6.08 Å². The first kappa shape index (κ1) is 12.1. The zero-order chi connectivity index (χ0) is 10.3. The molecule has 0 aromatic rings. The van der Waals surface area contributed by atoms with Gasteiger partial charge in [0, 0.05) is 6.08 Å². The largest absolute Gasteiger partial charge is 0.501 e. The lowest BCUT2D eigenvalue weighted by atomic mass is 9.90. The molecule has 13 heavy (non-hydrogen) atoms. The zero-order valence-electron chi connectivity index (χ0n) is 8.79. The van der Waals surface area contributed by atoms with Crippen molar-refractivity contribution in [2.75, 3.05) is 6.61 Å². The highest BCUT2D eigenvalue weighted by atomic mass is 16.5. The Balaban J connectivity index is 3.96. The molecule has 1 atom stereocenters. The third-order valence-corrected chi connectivity index (χ3v) is 1.45. The van der Waals surface area contributed by atoms with Crippen LogP contribution >= 0.6 is 0 Å². The molecule has 0 saturated heterocycles. The van der Waals surface area contributed by atoms with Gasteiger partial charge < -0.3 is 9.84 Å². The quantitative estimate of drug-likeness (QED) is 0.522. The lowest BCUT2D eigenvalue weighted by Gasteiger charge is -2.20. The summed E-state index contributed by atoms with van der Waals surface area (Å²) >= 11 is 0. The second kappa shape index (κ2) is 5.66. The topological polar surface area (TPSA) is 29.5 Å². The Bertz CT molecular complexity index is 212. The molecule has 0 saturated carbocycles. The van der Waals surface area contributed by atoms with Crippen LogP contribution in [0.2, 0.25) is 0 Å². The number of hydrogen-bond donors (Lipinski definition) is 1. The monoisotopic (exact) mass is 182 g/mol. The van der Waals surface area contributed by atoms with Gasteiger partial charge in [-0.25, -0.2) is 0 Å². The summed E-state index contributed by atoms with van der Waals surface area (Å²) in [6, 6.07) is 0. The second-order valence-electron chi connectivity index (χ2n) is 3.82. The summed E-state index contributed by atoms with van der Waals surface area (Å²) in [6.07, 6.45) is 2.53. The van der Waals surface area contributed by atoms with Gasteiger partial charge in [-0.15, -0.1) is 0 Å². The molecule has 0 aliphatic rings. The Kier molecular flexibility index (Phi) is 5.25. The minimum atomic E-state index is -0.598. The molecule has 0 heterocycles. The Hall–Kier alpha value is -0.940. The Morgan fingerprint density at radius 3 is 2.54 bits per heavy atom. The summed E-state index contributed by atoms with van der Waals surface area (Å²) < 4.78 is 4.94. The maximum Gasteiger partial charge on any atom is 0.119 e. The molecule has 0 fully saturated rings. The molecular formula is C11H18O2. The standard InChI is InChI=1S/C11H18O2/c1-5-13-9-7-6-8-10(12)11(2,3)4/h7,9-10,12H,5H2,1-4H3/b9-7+. The van der Waals surface area contributed by atoms with Gasteiger partial charge in [0.15, 0.2) is 0 Å². The van der Waals surface area contributed by atoms with Crippen molar-refractivity contribution in [3.8, 4) is 11.8 Å². The summed E-state index contributed by atoms with van der Waals surface area (Å²) in [4.78, 5) is 0. The van der Waals surface area contributed by atoms with Gasteiger partial charge in [0.05, 0.1) is 12.9 Å². The van der Waals surface area contributed by atoms with E-state index in [4.69, 9.17) is 4.74 Å². The van der Waals surface area contributed by atoms with E-state index >= 15 is 0 Å². The van der Waals surface area contributed by atoms with Crippen LogP contribution in [0.25, 0.3) is 0 Å². The third-order valence-electron chi connectivity index (χ3n) is 1.45. The number of aliphatic hydroxyl groups excluding tert-OH is 1. The maximum atomic E-state index is 9.49. The Labute approximate surface area is 80.6 Å².